The number of fused-ring (bicyclic) bond motifs is 1. The summed E-state index contributed by atoms with van der Waals surface area (Å²) in [5, 5.41) is 0.589. The van der Waals surface area contributed by atoms with Crippen molar-refractivity contribution < 1.29 is 13.2 Å². The Kier molecular flexibility index (Phi) is 8.21. The first kappa shape index (κ1) is 25.3. The predicted octanol–water partition coefficient (Wildman–Crippen LogP) is 4.34. The molecule has 9 heteroatoms. The Labute approximate surface area is 194 Å². The van der Waals surface area contributed by atoms with Gasteiger partial charge in [-0.1, -0.05) is 29.5 Å². The molecule has 2 aromatic carbocycles. The number of hydrogen-bond acceptors (Lipinski definition) is 6. The van der Waals surface area contributed by atoms with Crippen molar-refractivity contribution in [2.45, 2.75) is 25.2 Å². The van der Waals surface area contributed by atoms with E-state index in [9.17, 15) is 13.2 Å². The highest BCUT2D eigenvalue weighted by Crippen LogP contribution is 2.33. The second-order valence-corrected chi connectivity index (χ2v) is 10.8. The topological polar surface area (TPSA) is 70.6 Å². The zero-order valence-electron chi connectivity index (χ0n) is 18.4. The molecule has 31 heavy (non-hydrogen) atoms. The van der Waals surface area contributed by atoms with Gasteiger partial charge >= 0.3 is 0 Å². The molecule has 0 bridgehead atoms. The lowest BCUT2D eigenvalue weighted by molar-refractivity contribution is 0.0983. The first-order chi connectivity index (χ1) is 14.1. The van der Waals surface area contributed by atoms with E-state index in [0.29, 0.717) is 11.7 Å². The van der Waals surface area contributed by atoms with Gasteiger partial charge in [0.2, 0.25) is 0 Å². The van der Waals surface area contributed by atoms with Crippen LogP contribution in [-0.2, 0) is 9.84 Å². The van der Waals surface area contributed by atoms with Gasteiger partial charge in [-0.25, -0.2) is 13.4 Å². The summed E-state index contributed by atoms with van der Waals surface area (Å²) in [7, 11) is 0.424. The van der Waals surface area contributed by atoms with Crippen LogP contribution >= 0.6 is 23.7 Å². The van der Waals surface area contributed by atoms with E-state index in [1.54, 1.807) is 23.1 Å². The van der Waals surface area contributed by atoms with Crippen LogP contribution in [0.1, 0.15) is 27.9 Å². The summed E-state index contributed by atoms with van der Waals surface area (Å²) in [6.45, 7) is 5.32. The molecule has 1 aromatic heterocycles. The Hall–Kier alpha value is -2.00. The molecular formula is C22H28ClN3O3S2. The Morgan fingerprint density at radius 1 is 1.10 bits per heavy atom. The molecule has 168 valence electrons. The van der Waals surface area contributed by atoms with Gasteiger partial charge in [0, 0.05) is 12.8 Å². The first-order valence-corrected chi connectivity index (χ1v) is 12.4. The normalized spacial score (nSPS) is 11.5. The number of thiazole rings is 1. The van der Waals surface area contributed by atoms with Crippen molar-refractivity contribution in [1.29, 1.82) is 0 Å². The molecule has 0 radical (unpaired) electrons. The largest absolute Gasteiger partial charge is 0.309 e. The van der Waals surface area contributed by atoms with Crippen molar-refractivity contribution in [3.8, 4) is 0 Å². The number of aryl methyl sites for hydroxylation is 2. The molecule has 0 aliphatic carbocycles. The average Bonchev–Trinajstić information content (AvgIpc) is 3.08. The van der Waals surface area contributed by atoms with Crippen LogP contribution in [-0.4, -0.2) is 57.6 Å². The molecule has 0 saturated carbocycles. The van der Waals surface area contributed by atoms with Crippen LogP contribution in [0, 0.1) is 13.8 Å². The van der Waals surface area contributed by atoms with Crippen molar-refractivity contribution in [1.82, 2.24) is 9.88 Å². The zero-order chi connectivity index (χ0) is 22.1. The third-order valence-electron chi connectivity index (χ3n) is 4.79. The van der Waals surface area contributed by atoms with Crippen LogP contribution in [0.3, 0.4) is 0 Å². The number of amides is 1. The second kappa shape index (κ2) is 10.1. The van der Waals surface area contributed by atoms with Crippen LogP contribution in [0.25, 0.3) is 10.2 Å². The van der Waals surface area contributed by atoms with Gasteiger partial charge in [-0.3, -0.25) is 9.69 Å². The summed E-state index contributed by atoms with van der Waals surface area (Å²) in [5.74, 6) is -0.344. The minimum atomic E-state index is -3.54. The highest BCUT2D eigenvalue weighted by atomic mass is 35.5. The van der Waals surface area contributed by atoms with E-state index in [4.69, 9.17) is 4.98 Å². The molecule has 1 heterocycles. The highest BCUT2D eigenvalue weighted by Gasteiger charge is 2.26. The minimum Gasteiger partial charge on any atom is -0.309 e. The van der Waals surface area contributed by atoms with Crippen molar-refractivity contribution in [3.63, 3.8) is 0 Å². The van der Waals surface area contributed by atoms with Gasteiger partial charge < -0.3 is 4.90 Å². The lowest BCUT2D eigenvalue weighted by Crippen LogP contribution is -2.34. The summed E-state index contributed by atoms with van der Waals surface area (Å²) >= 11 is 1.47. The van der Waals surface area contributed by atoms with Crippen molar-refractivity contribution >= 4 is 54.8 Å². The Balaban J connectivity index is 0.00000341. The number of benzene rings is 2. The van der Waals surface area contributed by atoms with E-state index in [0.717, 1.165) is 40.6 Å². The maximum absolute atomic E-state index is 13.5. The number of aromatic nitrogens is 1. The summed E-state index contributed by atoms with van der Waals surface area (Å²) in [4.78, 5) is 22.0. The number of nitrogens with zero attached hydrogens (tertiary/aromatic N) is 3. The molecule has 6 nitrogen and oxygen atoms in total. The van der Waals surface area contributed by atoms with E-state index in [1.807, 2.05) is 34.0 Å². The fraction of sp³-hybridized carbons (Fsp3) is 0.364. The Morgan fingerprint density at radius 2 is 1.77 bits per heavy atom. The molecule has 3 rings (SSSR count). The Morgan fingerprint density at radius 3 is 2.42 bits per heavy atom. The molecule has 3 aromatic rings. The number of rotatable bonds is 7. The van der Waals surface area contributed by atoms with Gasteiger partial charge in [-0.2, -0.15) is 0 Å². The summed E-state index contributed by atoms with van der Waals surface area (Å²) < 4.78 is 25.5. The standard InChI is InChI=1S/C22H27N3O3S2.ClH/c1-15-13-16(2)20-18(14-15)23-22(29-20)25(12-8-11-24(3)4)21(26)17-9-6-7-10-19(17)30(5,27)28;/h6-7,9-10,13-14H,8,11-12H2,1-5H3;1H. The zero-order valence-corrected chi connectivity index (χ0v) is 20.8. The van der Waals surface area contributed by atoms with E-state index in [1.165, 1.54) is 17.4 Å². The first-order valence-electron chi connectivity index (χ1n) is 9.71. The van der Waals surface area contributed by atoms with Gasteiger partial charge in [0.15, 0.2) is 15.0 Å². The predicted molar refractivity (Wildman–Crippen MR) is 131 cm³/mol. The van der Waals surface area contributed by atoms with E-state index >= 15 is 0 Å². The lowest BCUT2D eigenvalue weighted by atomic mass is 10.1. The van der Waals surface area contributed by atoms with Gasteiger partial charge in [0.05, 0.1) is 20.7 Å². The smallest absolute Gasteiger partial charge is 0.261 e. The summed E-state index contributed by atoms with van der Waals surface area (Å²) in [6.07, 6.45) is 1.87. The van der Waals surface area contributed by atoms with Crippen LogP contribution in [0.5, 0.6) is 0 Å². The van der Waals surface area contributed by atoms with E-state index < -0.39 is 9.84 Å². The minimum absolute atomic E-state index is 0. The fourth-order valence-corrected chi connectivity index (χ4v) is 5.34. The van der Waals surface area contributed by atoms with Gasteiger partial charge in [-0.05, 0) is 70.2 Å². The van der Waals surface area contributed by atoms with Crippen molar-refractivity contribution in [2.24, 2.45) is 0 Å². The van der Waals surface area contributed by atoms with Crippen molar-refractivity contribution in [2.75, 3.05) is 38.3 Å². The molecule has 0 aliphatic heterocycles. The molecule has 0 fully saturated rings. The van der Waals surface area contributed by atoms with E-state index in [-0.39, 0.29) is 28.8 Å². The van der Waals surface area contributed by atoms with Crippen LogP contribution < -0.4 is 4.90 Å². The molecule has 1 amide bonds. The summed E-state index contributed by atoms with van der Waals surface area (Å²) in [6, 6.07) is 10.5. The number of carbonyl (C=O) groups is 1. The van der Waals surface area contributed by atoms with Gasteiger partial charge in [0.1, 0.15) is 0 Å². The number of carbonyl (C=O) groups excluding carboxylic acids is 1. The second-order valence-electron chi connectivity index (χ2n) is 7.81. The van der Waals surface area contributed by atoms with Gasteiger partial charge in [0.25, 0.3) is 5.91 Å². The molecule has 0 aliphatic rings. The lowest BCUT2D eigenvalue weighted by Gasteiger charge is -2.22. The quantitative estimate of drug-likeness (QED) is 0.502. The van der Waals surface area contributed by atoms with Crippen molar-refractivity contribution in [3.05, 3.63) is 53.1 Å². The molecule has 0 saturated heterocycles. The van der Waals surface area contributed by atoms with E-state index in [2.05, 4.69) is 11.0 Å². The molecule has 0 unspecified atom stereocenters. The maximum atomic E-state index is 13.5. The van der Waals surface area contributed by atoms with Crippen LogP contribution in [0.2, 0.25) is 0 Å². The number of hydrogen-bond donors (Lipinski definition) is 0. The molecule has 0 N–H and O–H groups in total. The molecular weight excluding hydrogens is 454 g/mol. The molecule has 0 atom stereocenters. The highest BCUT2D eigenvalue weighted by molar-refractivity contribution is 7.90. The fourth-order valence-electron chi connectivity index (χ4n) is 3.42. The summed E-state index contributed by atoms with van der Waals surface area (Å²) in [5.41, 5.74) is 3.27. The van der Waals surface area contributed by atoms with Gasteiger partial charge in [-0.15, -0.1) is 12.4 Å². The third-order valence-corrected chi connectivity index (χ3v) is 7.17. The number of sulfone groups is 1. The number of halogens is 1. The SMILES string of the molecule is Cc1cc(C)c2sc(N(CCCN(C)C)C(=O)c3ccccc3S(C)(=O)=O)nc2c1.Cl. The molecule has 0 spiro atoms. The Bertz CT molecular complexity index is 1190. The third kappa shape index (κ3) is 5.83. The monoisotopic (exact) mass is 481 g/mol. The van der Waals surface area contributed by atoms with Crippen LogP contribution in [0.15, 0.2) is 41.3 Å². The maximum Gasteiger partial charge on any atom is 0.261 e. The number of anilines is 1. The average molecular weight is 482 g/mol. The van der Waals surface area contributed by atoms with Crippen LogP contribution in [0.4, 0.5) is 5.13 Å².